The predicted octanol–water partition coefficient (Wildman–Crippen LogP) is 5.73. The molecule has 0 saturated carbocycles. The molecule has 1 aliphatic heterocycles. The van der Waals surface area contributed by atoms with Gasteiger partial charge in [0, 0.05) is 30.2 Å². The minimum absolute atomic E-state index is 0.315. The van der Waals surface area contributed by atoms with Crippen LogP contribution < -0.4 is 14.8 Å². The summed E-state index contributed by atoms with van der Waals surface area (Å²) < 4.78 is 22.0. The molecule has 0 radical (unpaired) electrons. The van der Waals surface area contributed by atoms with Crippen LogP contribution in [0.4, 0.5) is 15.8 Å². The molecule has 1 aliphatic rings. The highest BCUT2D eigenvalue weighted by Gasteiger charge is 2.23. The molecule has 3 aromatic carbocycles. The fourth-order valence-corrected chi connectivity index (χ4v) is 4.53. The summed E-state index contributed by atoms with van der Waals surface area (Å²) in [6.07, 6.45) is 2.35. The molecule has 0 amide bonds. The van der Waals surface area contributed by atoms with Crippen molar-refractivity contribution >= 4 is 40.5 Å². The van der Waals surface area contributed by atoms with Gasteiger partial charge in [0.1, 0.15) is 17.9 Å². The number of likely N-dealkylation sites (tertiary alicyclic amines) is 1. The Bertz CT molecular complexity index is 1290. The van der Waals surface area contributed by atoms with E-state index in [0.717, 1.165) is 40.3 Å². The Balaban J connectivity index is 0.000000179. The molecule has 8 heteroatoms. The highest BCUT2D eigenvalue weighted by molar-refractivity contribution is 8.00. The van der Waals surface area contributed by atoms with E-state index in [1.54, 1.807) is 25.4 Å². The molecule has 1 aromatic heterocycles. The molecule has 4 aromatic rings. The Hall–Kier alpha value is -3.62. The van der Waals surface area contributed by atoms with Crippen molar-refractivity contribution in [3.8, 4) is 5.75 Å². The summed E-state index contributed by atoms with van der Waals surface area (Å²) >= 11 is 1.29. The third kappa shape index (κ3) is 6.29. The first-order chi connectivity index (χ1) is 17.1. The van der Waals surface area contributed by atoms with Gasteiger partial charge in [-0.3, -0.25) is 9.78 Å². The van der Waals surface area contributed by atoms with Crippen LogP contribution in [-0.2, 0) is 0 Å². The number of carbonyl (C=O) groups is 1. The second-order valence-electron chi connectivity index (χ2n) is 8.16. The van der Waals surface area contributed by atoms with Gasteiger partial charge in [-0.05, 0) is 61.5 Å². The number of methoxy groups -OCH3 is 1. The van der Waals surface area contributed by atoms with Gasteiger partial charge in [-0.1, -0.05) is 30.3 Å². The van der Waals surface area contributed by atoms with Gasteiger partial charge in [0.2, 0.25) is 0 Å². The summed E-state index contributed by atoms with van der Waals surface area (Å²) in [5.41, 5.74) is 2.60. The molecule has 2 N–H and O–H groups in total. The van der Waals surface area contributed by atoms with Crippen LogP contribution in [-0.4, -0.2) is 49.5 Å². The molecule has 35 heavy (non-hydrogen) atoms. The number of anilines is 2. The lowest BCUT2D eigenvalue weighted by Crippen LogP contribution is -2.52. The summed E-state index contributed by atoms with van der Waals surface area (Å²) in [4.78, 5) is 18.1. The van der Waals surface area contributed by atoms with Crippen molar-refractivity contribution in [1.29, 1.82) is 0 Å². The minimum Gasteiger partial charge on any atom is -0.495 e. The van der Waals surface area contributed by atoms with Crippen molar-refractivity contribution in [3.05, 3.63) is 90.4 Å². The number of ether oxygens (including phenoxy) is 1. The molecule has 0 spiro atoms. The lowest BCUT2D eigenvalue weighted by Gasteiger charge is -2.37. The Labute approximate surface area is 208 Å². The number of nitrogens with one attached hydrogen (secondary N) is 2. The van der Waals surface area contributed by atoms with E-state index in [-0.39, 0.29) is 0 Å². The Kier molecular flexibility index (Phi) is 8.18. The van der Waals surface area contributed by atoms with Crippen LogP contribution in [0.25, 0.3) is 10.9 Å². The van der Waals surface area contributed by atoms with Crippen LogP contribution in [0.1, 0.15) is 10.4 Å². The molecular weight excluding hydrogens is 463 g/mol. The lowest BCUT2D eigenvalue weighted by atomic mass is 10.1. The first-order valence-corrected chi connectivity index (χ1v) is 12.0. The fourth-order valence-electron chi connectivity index (χ4n) is 3.73. The summed E-state index contributed by atoms with van der Waals surface area (Å²) in [5, 5.41) is 4.49. The van der Waals surface area contributed by atoms with E-state index >= 15 is 0 Å². The second kappa shape index (κ2) is 11.7. The van der Waals surface area contributed by atoms with Gasteiger partial charge in [-0.25, -0.2) is 4.39 Å². The Morgan fingerprint density at radius 3 is 2.60 bits per heavy atom. The molecule has 0 bridgehead atoms. The number of likely N-dealkylation sites (N-methyl/N-ethyl adjacent to an activating group) is 1. The zero-order chi connectivity index (χ0) is 24.6. The number of halogens is 1. The highest BCUT2D eigenvalue weighted by Crippen LogP contribution is 2.28. The second-order valence-corrected chi connectivity index (χ2v) is 9.00. The summed E-state index contributed by atoms with van der Waals surface area (Å²) in [7, 11) is 3.83. The number of aromatic nitrogens is 1. The largest absolute Gasteiger partial charge is 0.495 e. The van der Waals surface area contributed by atoms with Crippen LogP contribution in [0.2, 0.25) is 0 Å². The van der Waals surface area contributed by atoms with Gasteiger partial charge >= 0.3 is 0 Å². The smallest absolute Gasteiger partial charge is 0.150 e. The summed E-state index contributed by atoms with van der Waals surface area (Å²) in [6.45, 7) is 2.22. The third-order valence-corrected chi connectivity index (χ3v) is 6.40. The van der Waals surface area contributed by atoms with E-state index in [9.17, 15) is 9.18 Å². The number of benzene rings is 3. The number of fused-ring (bicyclic) bond motifs is 1. The van der Waals surface area contributed by atoms with Gasteiger partial charge in [0.05, 0.1) is 34.9 Å². The topological polar surface area (TPSA) is 66.5 Å². The first-order valence-electron chi connectivity index (χ1n) is 11.2. The maximum Gasteiger partial charge on any atom is 0.150 e. The number of para-hydroxylation sites is 3. The summed E-state index contributed by atoms with van der Waals surface area (Å²) in [5.74, 6) is 0.461. The molecular formula is C27H27FN4O2S. The van der Waals surface area contributed by atoms with E-state index in [1.807, 2.05) is 48.5 Å². The van der Waals surface area contributed by atoms with E-state index < -0.39 is 5.82 Å². The van der Waals surface area contributed by atoms with Gasteiger partial charge < -0.3 is 19.7 Å². The Morgan fingerprint density at radius 2 is 1.86 bits per heavy atom. The van der Waals surface area contributed by atoms with E-state index in [1.165, 1.54) is 18.0 Å². The van der Waals surface area contributed by atoms with Crippen molar-refractivity contribution in [2.45, 2.75) is 10.9 Å². The van der Waals surface area contributed by atoms with Crippen molar-refractivity contribution in [1.82, 2.24) is 9.88 Å². The molecule has 6 nitrogen and oxygen atoms in total. The van der Waals surface area contributed by atoms with E-state index in [4.69, 9.17) is 4.74 Å². The normalized spacial score (nSPS) is 13.3. The van der Waals surface area contributed by atoms with Gasteiger partial charge in [0.25, 0.3) is 0 Å². The molecule has 1 fully saturated rings. The standard InChI is InChI=1S/C16H11FN2OS.C11H16N2O/c17-13-9-11(10-20)6-7-14(13)19-21-15-5-1-3-12-4-2-8-18-16(12)15;1-13-7-9(8-13)12-10-5-3-4-6-11(10)14-2/h1-10,19H;3-6,9,12H,7-8H2,1-2H3. The molecule has 0 aliphatic carbocycles. The molecule has 180 valence electrons. The van der Waals surface area contributed by atoms with E-state index in [0.29, 0.717) is 23.6 Å². The van der Waals surface area contributed by atoms with Gasteiger partial charge in [0.15, 0.2) is 0 Å². The number of nitrogens with zero attached hydrogens (tertiary/aromatic N) is 2. The van der Waals surface area contributed by atoms with Crippen LogP contribution in [0.5, 0.6) is 5.75 Å². The van der Waals surface area contributed by atoms with Crippen molar-refractivity contribution < 1.29 is 13.9 Å². The van der Waals surface area contributed by atoms with E-state index in [2.05, 4.69) is 33.0 Å². The number of carbonyl (C=O) groups excluding carboxylic acids is 1. The average Bonchev–Trinajstić information content (AvgIpc) is 2.87. The maximum absolute atomic E-state index is 13.8. The quantitative estimate of drug-likeness (QED) is 0.253. The summed E-state index contributed by atoms with van der Waals surface area (Å²) in [6, 6.07) is 22.6. The number of rotatable bonds is 7. The number of hydrogen-bond donors (Lipinski definition) is 2. The van der Waals surface area contributed by atoms with Crippen molar-refractivity contribution in [3.63, 3.8) is 0 Å². The fraction of sp³-hybridized carbons (Fsp3) is 0.185. The minimum atomic E-state index is -0.458. The maximum atomic E-state index is 13.8. The molecule has 0 atom stereocenters. The molecule has 2 heterocycles. The highest BCUT2D eigenvalue weighted by atomic mass is 32.2. The van der Waals surface area contributed by atoms with Crippen LogP contribution in [0.3, 0.4) is 0 Å². The average molecular weight is 491 g/mol. The predicted molar refractivity (Wildman–Crippen MR) is 141 cm³/mol. The molecule has 5 rings (SSSR count). The van der Waals surface area contributed by atoms with Gasteiger partial charge in [-0.2, -0.15) is 0 Å². The number of hydrogen-bond acceptors (Lipinski definition) is 7. The van der Waals surface area contributed by atoms with Crippen molar-refractivity contribution in [2.75, 3.05) is 37.3 Å². The monoisotopic (exact) mass is 490 g/mol. The van der Waals surface area contributed by atoms with Gasteiger partial charge in [-0.15, -0.1) is 0 Å². The number of aldehydes is 1. The zero-order valence-corrected chi connectivity index (χ0v) is 20.4. The van der Waals surface area contributed by atoms with Crippen LogP contribution in [0.15, 0.2) is 83.9 Å². The third-order valence-electron chi connectivity index (χ3n) is 5.53. The molecule has 1 saturated heterocycles. The van der Waals surface area contributed by atoms with Crippen LogP contribution >= 0.6 is 11.9 Å². The lowest BCUT2D eigenvalue weighted by molar-refractivity contribution is 0.112. The Morgan fingerprint density at radius 1 is 1.06 bits per heavy atom. The van der Waals surface area contributed by atoms with Crippen molar-refractivity contribution in [2.24, 2.45) is 0 Å². The zero-order valence-electron chi connectivity index (χ0n) is 19.6. The SMILES string of the molecule is COc1ccccc1NC1CN(C)C1.O=Cc1ccc(NSc2cccc3cccnc23)c(F)c1. The number of pyridine rings is 1. The van der Waals surface area contributed by atoms with Crippen LogP contribution in [0, 0.1) is 5.82 Å². The first kappa shape index (κ1) is 24.5. The molecule has 0 unspecified atom stereocenters.